The minimum absolute atomic E-state index is 0.246. The minimum Gasteiger partial charge on any atom is -0.491 e. The van der Waals surface area contributed by atoms with Crippen LogP contribution in [0.15, 0.2) is 23.2 Å². The molecule has 0 aromatic heterocycles. The fourth-order valence-electron chi connectivity index (χ4n) is 3.82. The number of hydrogen-bond donors (Lipinski definition) is 1. The predicted octanol–water partition coefficient (Wildman–Crippen LogP) is 1.54. The van der Waals surface area contributed by atoms with Crippen molar-refractivity contribution in [3.8, 4) is 5.75 Å². The van der Waals surface area contributed by atoms with Crippen molar-refractivity contribution >= 4 is 11.9 Å². The summed E-state index contributed by atoms with van der Waals surface area (Å²) in [5.74, 6) is 0.971. The van der Waals surface area contributed by atoms with Gasteiger partial charge in [-0.05, 0) is 37.5 Å². The Labute approximate surface area is 172 Å². The highest BCUT2D eigenvalue weighted by molar-refractivity contribution is 5.80. The molecule has 1 N–H and O–H groups in total. The van der Waals surface area contributed by atoms with E-state index in [9.17, 15) is 9.18 Å². The third-order valence-electron chi connectivity index (χ3n) is 5.45. The Morgan fingerprint density at radius 2 is 1.86 bits per heavy atom. The normalized spacial score (nSPS) is 18.2. The molecule has 7 nitrogen and oxygen atoms in total. The highest BCUT2D eigenvalue weighted by Gasteiger charge is 2.24. The summed E-state index contributed by atoms with van der Waals surface area (Å²) in [6.07, 6.45) is 2.25. The molecule has 2 heterocycles. The van der Waals surface area contributed by atoms with E-state index in [4.69, 9.17) is 4.74 Å². The van der Waals surface area contributed by atoms with Gasteiger partial charge in [0.1, 0.15) is 0 Å². The van der Waals surface area contributed by atoms with Crippen LogP contribution >= 0.6 is 0 Å². The van der Waals surface area contributed by atoms with E-state index < -0.39 is 0 Å². The van der Waals surface area contributed by atoms with Crippen LogP contribution in [-0.2, 0) is 11.3 Å². The van der Waals surface area contributed by atoms with Crippen LogP contribution in [0.3, 0.4) is 0 Å². The number of likely N-dealkylation sites (tertiary alicyclic amines) is 1. The second-order valence-electron chi connectivity index (χ2n) is 7.45. The van der Waals surface area contributed by atoms with Gasteiger partial charge in [-0.25, -0.2) is 4.39 Å². The molecule has 160 valence electrons. The molecule has 2 aliphatic heterocycles. The SMILES string of the molecule is CCOc1ccc(CNC(=NC)N2CCN(CC(=O)N3CCCC3)CC2)cc1F. The molecule has 1 amide bonds. The number of carbonyl (C=O) groups is 1. The Kier molecular flexibility index (Phi) is 7.69. The van der Waals surface area contributed by atoms with E-state index in [0.29, 0.717) is 19.7 Å². The molecule has 0 radical (unpaired) electrons. The van der Waals surface area contributed by atoms with Gasteiger partial charge in [0.05, 0.1) is 13.2 Å². The first kappa shape index (κ1) is 21.4. The standard InChI is InChI=1S/C21H32FN5O2/c1-3-29-19-7-6-17(14-18(19)22)15-24-21(23-2)27-12-10-25(11-13-27)16-20(28)26-8-4-5-9-26/h6-7,14H,3-5,8-13,15-16H2,1-2H3,(H,23,24). The lowest BCUT2D eigenvalue weighted by Gasteiger charge is -2.36. The largest absolute Gasteiger partial charge is 0.491 e. The van der Waals surface area contributed by atoms with Gasteiger partial charge < -0.3 is 19.9 Å². The number of piperazine rings is 1. The van der Waals surface area contributed by atoms with E-state index in [1.165, 1.54) is 6.07 Å². The van der Waals surface area contributed by atoms with E-state index >= 15 is 0 Å². The van der Waals surface area contributed by atoms with Crippen LogP contribution in [-0.4, -0.2) is 86.0 Å². The number of benzene rings is 1. The molecule has 1 aromatic rings. The summed E-state index contributed by atoms with van der Waals surface area (Å²) >= 11 is 0. The van der Waals surface area contributed by atoms with Crippen molar-refractivity contribution in [2.75, 3.05) is 59.5 Å². The zero-order valence-corrected chi connectivity index (χ0v) is 17.5. The monoisotopic (exact) mass is 405 g/mol. The van der Waals surface area contributed by atoms with Gasteiger partial charge in [-0.1, -0.05) is 6.07 Å². The lowest BCUT2D eigenvalue weighted by Crippen LogP contribution is -2.54. The van der Waals surface area contributed by atoms with Crippen molar-refractivity contribution in [3.05, 3.63) is 29.6 Å². The highest BCUT2D eigenvalue weighted by atomic mass is 19.1. The fourth-order valence-corrected chi connectivity index (χ4v) is 3.82. The van der Waals surface area contributed by atoms with Crippen molar-refractivity contribution in [2.45, 2.75) is 26.3 Å². The Morgan fingerprint density at radius 3 is 2.48 bits per heavy atom. The Balaban J connectivity index is 1.45. The zero-order valence-electron chi connectivity index (χ0n) is 17.5. The van der Waals surface area contributed by atoms with E-state index in [2.05, 4.69) is 20.1 Å². The molecular formula is C21H32FN5O2. The van der Waals surface area contributed by atoms with Crippen molar-refractivity contribution in [1.29, 1.82) is 0 Å². The summed E-state index contributed by atoms with van der Waals surface area (Å²) < 4.78 is 19.3. The predicted molar refractivity (Wildman–Crippen MR) is 112 cm³/mol. The molecule has 3 rings (SSSR count). The van der Waals surface area contributed by atoms with Gasteiger partial charge in [-0.2, -0.15) is 0 Å². The number of nitrogens with zero attached hydrogens (tertiary/aromatic N) is 4. The Morgan fingerprint density at radius 1 is 1.14 bits per heavy atom. The lowest BCUT2D eigenvalue weighted by molar-refractivity contribution is -0.131. The summed E-state index contributed by atoms with van der Waals surface area (Å²) in [6, 6.07) is 5.01. The lowest BCUT2D eigenvalue weighted by atomic mass is 10.2. The van der Waals surface area contributed by atoms with Gasteiger partial charge in [0.2, 0.25) is 5.91 Å². The maximum absolute atomic E-state index is 14.0. The fraction of sp³-hybridized carbons (Fsp3) is 0.619. The molecule has 2 saturated heterocycles. The van der Waals surface area contributed by atoms with Gasteiger partial charge in [0, 0.05) is 52.9 Å². The average Bonchev–Trinajstić information content (AvgIpc) is 3.27. The molecule has 0 saturated carbocycles. The number of nitrogens with one attached hydrogen (secondary N) is 1. The number of rotatable bonds is 6. The molecule has 0 atom stereocenters. The van der Waals surface area contributed by atoms with E-state index in [1.54, 1.807) is 13.1 Å². The first-order valence-electron chi connectivity index (χ1n) is 10.5. The average molecular weight is 406 g/mol. The van der Waals surface area contributed by atoms with Crippen molar-refractivity contribution in [3.63, 3.8) is 0 Å². The van der Waals surface area contributed by atoms with Gasteiger partial charge in [0.15, 0.2) is 17.5 Å². The Hall–Kier alpha value is -2.35. The van der Waals surface area contributed by atoms with E-state index in [0.717, 1.165) is 63.6 Å². The second kappa shape index (κ2) is 10.4. The summed E-state index contributed by atoms with van der Waals surface area (Å²) in [5, 5.41) is 3.31. The van der Waals surface area contributed by atoms with E-state index in [1.807, 2.05) is 17.9 Å². The highest BCUT2D eigenvalue weighted by Crippen LogP contribution is 2.18. The van der Waals surface area contributed by atoms with E-state index in [-0.39, 0.29) is 17.5 Å². The van der Waals surface area contributed by atoms with Gasteiger partial charge in [-0.15, -0.1) is 0 Å². The topological polar surface area (TPSA) is 60.4 Å². The molecule has 0 spiro atoms. The minimum atomic E-state index is -0.350. The van der Waals surface area contributed by atoms with Crippen LogP contribution in [0, 0.1) is 5.82 Å². The van der Waals surface area contributed by atoms with Crippen molar-refractivity contribution < 1.29 is 13.9 Å². The molecule has 1 aromatic carbocycles. The molecule has 0 unspecified atom stereocenters. The van der Waals surface area contributed by atoms with Crippen LogP contribution < -0.4 is 10.1 Å². The first-order valence-corrected chi connectivity index (χ1v) is 10.5. The second-order valence-corrected chi connectivity index (χ2v) is 7.45. The number of guanidine groups is 1. The zero-order chi connectivity index (χ0) is 20.6. The quantitative estimate of drug-likeness (QED) is 0.575. The first-order chi connectivity index (χ1) is 14.1. The van der Waals surface area contributed by atoms with Crippen molar-refractivity contribution in [1.82, 2.24) is 20.0 Å². The number of ether oxygens (including phenoxy) is 1. The Bertz CT molecular complexity index is 713. The molecule has 8 heteroatoms. The van der Waals surface area contributed by atoms with Gasteiger partial charge in [0.25, 0.3) is 0 Å². The summed E-state index contributed by atoms with van der Waals surface area (Å²) in [5.41, 5.74) is 0.835. The van der Waals surface area contributed by atoms with Gasteiger partial charge >= 0.3 is 0 Å². The van der Waals surface area contributed by atoms with Crippen LogP contribution in [0.1, 0.15) is 25.3 Å². The molecule has 2 aliphatic rings. The smallest absolute Gasteiger partial charge is 0.236 e. The van der Waals surface area contributed by atoms with Gasteiger partial charge in [-0.3, -0.25) is 14.7 Å². The summed E-state index contributed by atoms with van der Waals surface area (Å²) in [6.45, 7) is 8.36. The molecule has 0 aliphatic carbocycles. The molecule has 29 heavy (non-hydrogen) atoms. The molecule has 2 fully saturated rings. The van der Waals surface area contributed by atoms with Crippen LogP contribution in [0.25, 0.3) is 0 Å². The van der Waals surface area contributed by atoms with Crippen LogP contribution in [0.2, 0.25) is 0 Å². The third-order valence-corrected chi connectivity index (χ3v) is 5.45. The number of aliphatic imine (C=N–C) groups is 1. The van der Waals surface area contributed by atoms with Crippen LogP contribution in [0.4, 0.5) is 4.39 Å². The number of halogens is 1. The third kappa shape index (κ3) is 5.82. The maximum atomic E-state index is 14.0. The summed E-state index contributed by atoms with van der Waals surface area (Å²) in [4.78, 5) is 23.1. The molecular weight excluding hydrogens is 373 g/mol. The number of amides is 1. The maximum Gasteiger partial charge on any atom is 0.236 e. The van der Waals surface area contributed by atoms with Crippen LogP contribution in [0.5, 0.6) is 5.75 Å². The van der Waals surface area contributed by atoms with Crippen molar-refractivity contribution in [2.24, 2.45) is 4.99 Å². The summed E-state index contributed by atoms with van der Waals surface area (Å²) in [7, 11) is 1.75. The number of carbonyl (C=O) groups excluding carboxylic acids is 1. The number of hydrogen-bond acceptors (Lipinski definition) is 4. The molecule has 0 bridgehead atoms.